The van der Waals surface area contributed by atoms with Gasteiger partial charge >= 0.3 is 0 Å². The van der Waals surface area contributed by atoms with Crippen molar-refractivity contribution in [2.45, 2.75) is 44.2 Å². The minimum atomic E-state index is -0.509. The van der Waals surface area contributed by atoms with Crippen molar-refractivity contribution in [3.05, 3.63) is 23.8 Å². The first-order valence-corrected chi connectivity index (χ1v) is 7.02. The first kappa shape index (κ1) is 12.8. The van der Waals surface area contributed by atoms with Crippen LogP contribution >= 0.6 is 0 Å². The minimum absolute atomic E-state index is 0.194. The molecule has 1 aromatic carbocycles. The number of benzene rings is 1. The van der Waals surface area contributed by atoms with E-state index in [9.17, 15) is 5.11 Å². The summed E-state index contributed by atoms with van der Waals surface area (Å²) in [7, 11) is 0. The van der Waals surface area contributed by atoms with Gasteiger partial charge in [-0.15, -0.1) is 0 Å². The van der Waals surface area contributed by atoms with E-state index in [4.69, 9.17) is 9.47 Å². The SMILES string of the molecule is CC(NCC1(O)CCCC1)c1ccc2c(c1)OCO2. The molecule has 4 heteroatoms. The van der Waals surface area contributed by atoms with E-state index in [2.05, 4.69) is 12.2 Å². The van der Waals surface area contributed by atoms with E-state index >= 15 is 0 Å². The van der Waals surface area contributed by atoms with E-state index in [1.54, 1.807) is 0 Å². The summed E-state index contributed by atoms with van der Waals surface area (Å²) in [6.07, 6.45) is 4.09. The van der Waals surface area contributed by atoms with Crippen LogP contribution in [0.25, 0.3) is 0 Å². The molecule has 0 radical (unpaired) electrons. The Kier molecular flexibility index (Phi) is 3.37. The highest BCUT2D eigenvalue weighted by molar-refractivity contribution is 5.45. The fourth-order valence-electron chi connectivity index (χ4n) is 2.85. The highest BCUT2D eigenvalue weighted by Gasteiger charge is 2.31. The van der Waals surface area contributed by atoms with Gasteiger partial charge in [0.05, 0.1) is 5.60 Å². The molecule has 0 aromatic heterocycles. The van der Waals surface area contributed by atoms with Crippen LogP contribution in [0.1, 0.15) is 44.2 Å². The molecule has 0 bridgehead atoms. The Labute approximate surface area is 113 Å². The molecule has 0 amide bonds. The number of nitrogens with one attached hydrogen (secondary N) is 1. The quantitative estimate of drug-likeness (QED) is 0.875. The molecule has 4 nitrogen and oxygen atoms in total. The lowest BCUT2D eigenvalue weighted by Crippen LogP contribution is -2.39. The molecule has 104 valence electrons. The number of hydrogen-bond donors (Lipinski definition) is 2. The smallest absolute Gasteiger partial charge is 0.231 e. The van der Waals surface area contributed by atoms with Crippen molar-refractivity contribution in [2.24, 2.45) is 0 Å². The van der Waals surface area contributed by atoms with Gasteiger partial charge in [0.15, 0.2) is 11.5 Å². The molecule has 1 fully saturated rings. The number of fused-ring (bicyclic) bond motifs is 1. The Balaban J connectivity index is 1.62. The molecule has 1 aliphatic heterocycles. The van der Waals surface area contributed by atoms with Gasteiger partial charge in [0, 0.05) is 12.6 Å². The summed E-state index contributed by atoms with van der Waals surface area (Å²) in [5, 5.41) is 13.8. The van der Waals surface area contributed by atoms with Gasteiger partial charge in [0.1, 0.15) is 0 Å². The second-order valence-corrected chi connectivity index (χ2v) is 5.65. The van der Waals surface area contributed by atoms with E-state index in [1.165, 1.54) is 0 Å². The molecule has 1 unspecified atom stereocenters. The fourth-order valence-corrected chi connectivity index (χ4v) is 2.85. The molecule has 0 spiro atoms. The Morgan fingerprint density at radius 2 is 2.00 bits per heavy atom. The summed E-state index contributed by atoms with van der Waals surface area (Å²) in [5.74, 6) is 1.62. The molecule has 1 saturated carbocycles. The molecular weight excluding hydrogens is 242 g/mol. The molecular formula is C15H21NO3. The van der Waals surface area contributed by atoms with Crippen molar-refractivity contribution in [3.63, 3.8) is 0 Å². The van der Waals surface area contributed by atoms with Crippen LogP contribution in [-0.2, 0) is 0 Å². The van der Waals surface area contributed by atoms with Crippen LogP contribution < -0.4 is 14.8 Å². The average Bonchev–Trinajstić information content (AvgIpc) is 3.04. The Morgan fingerprint density at radius 1 is 1.26 bits per heavy atom. The topological polar surface area (TPSA) is 50.7 Å². The first-order chi connectivity index (χ1) is 9.16. The lowest BCUT2D eigenvalue weighted by Gasteiger charge is -2.25. The van der Waals surface area contributed by atoms with Crippen LogP contribution in [0, 0.1) is 0 Å². The van der Waals surface area contributed by atoms with E-state index in [-0.39, 0.29) is 6.04 Å². The van der Waals surface area contributed by atoms with Crippen LogP contribution in [0.2, 0.25) is 0 Å². The maximum Gasteiger partial charge on any atom is 0.231 e. The van der Waals surface area contributed by atoms with E-state index in [1.807, 2.05) is 18.2 Å². The van der Waals surface area contributed by atoms with Crippen molar-refractivity contribution in [2.75, 3.05) is 13.3 Å². The molecule has 1 aromatic rings. The highest BCUT2D eigenvalue weighted by Crippen LogP contribution is 2.34. The first-order valence-electron chi connectivity index (χ1n) is 7.02. The molecule has 19 heavy (non-hydrogen) atoms. The standard InChI is InChI=1S/C15H21NO3/c1-11(16-9-15(17)6-2-3-7-15)12-4-5-13-14(8-12)19-10-18-13/h4-5,8,11,16-17H,2-3,6-7,9-10H2,1H3. The number of ether oxygens (including phenoxy) is 2. The Hall–Kier alpha value is -1.26. The maximum atomic E-state index is 10.3. The number of hydrogen-bond acceptors (Lipinski definition) is 4. The van der Waals surface area contributed by atoms with Crippen molar-refractivity contribution in [3.8, 4) is 11.5 Å². The Morgan fingerprint density at radius 3 is 2.79 bits per heavy atom. The monoisotopic (exact) mass is 263 g/mol. The van der Waals surface area contributed by atoms with Crippen molar-refractivity contribution in [1.82, 2.24) is 5.32 Å². The lowest BCUT2D eigenvalue weighted by atomic mass is 10.0. The van der Waals surface area contributed by atoms with Crippen molar-refractivity contribution >= 4 is 0 Å². The summed E-state index contributed by atoms with van der Waals surface area (Å²) in [6, 6.07) is 6.20. The molecule has 1 aliphatic carbocycles. The molecule has 1 heterocycles. The van der Waals surface area contributed by atoms with Crippen LogP contribution in [0.3, 0.4) is 0 Å². The van der Waals surface area contributed by atoms with Gasteiger partial charge in [0.2, 0.25) is 6.79 Å². The number of rotatable bonds is 4. The third kappa shape index (κ3) is 2.69. The molecule has 2 aliphatic rings. The third-order valence-electron chi connectivity index (χ3n) is 4.17. The lowest BCUT2D eigenvalue weighted by molar-refractivity contribution is 0.0453. The zero-order valence-electron chi connectivity index (χ0n) is 11.3. The summed E-state index contributed by atoms with van der Waals surface area (Å²) in [4.78, 5) is 0. The van der Waals surface area contributed by atoms with Gasteiger partial charge in [-0.2, -0.15) is 0 Å². The van der Waals surface area contributed by atoms with Crippen LogP contribution in [0.5, 0.6) is 11.5 Å². The molecule has 0 saturated heterocycles. The largest absolute Gasteiger partial charge is 0.454 e. The summed E-state index contributed by atoms with van der Waals surface area (Å²) < 4.78 is 10.7. The second kappa shape index (κ2) is 5.02. The normalized spacial score (nSPS) is 21.6. The Bertz CT molecular complexity index is 455. The van der Waals surface area contributed by atoms with E-state index < -0.39 is 5.60 Å². The second-order valence-electron chi connectivity index (χ2n) is 5.65. The van der Waals surface area contributed by atoms with E-state index in [0.717, 1.165) is 42.7 Å². The van der Waals surface area contributed by atoms with Gasteiger partial charge in [-0.05, 0) is 37.5 Å². The van der Waals surface area contributed by atoms with Gasteiger partial charge in [-0.25, -0.2) is 0 Å². The molecule has 2 N–H and O–H groups in total. The predicted octanol–water partition coefficient (Wildman–Crippen LogP) is 2.37. The zero-order chi connectivity index (χ0) is 13.3. The zero-order valence-corrected chi connectivity index (χ0v) is 11.3. The van der Waals surface area contributed by atoms with Crippen LogP contribution in [0.4, 0.5) is 0 Å². The summed E-state index contributed by atoms with van der Waals surface area (Å²) in [5.41, 5.74) is 0.649. The van der Waals surface area contributed by atoms with Gasteiger partial charge < -0.3 is 19.9 Å². The van der Waals surface area contributed by atoms with E-state index in [0.29, 0.717) is 13.3 Å². The van der Waals surface area contributed by atoms with Gasteiger partial charge in [-0.3, -0.25) is 0 Å². The molecule has 1 atom stereocenters. The number of aliphatic hydroxyl groups is 1. The van der Waals surface area contributed by atoms with Crippen LogP contribution in [0.15, 0.2) is 18.2 Å². The van der Waals surface area contributed by atoms with Gasteiger partial charge in [0.25, 0.3) is 0 Å². The maximum absolute atomic E-state index is 10.3. The minimum Gasteiger partial charge on any atom is -0.454 e. The molecule has 3 rings (SSSR count). The fraction of sp³-hybridized carbons (Fsp3) is 0.600. The van der Waals surface area contributed by atoms with Gasteiger partial charge in [-0.1, -0.05) is 18.9 Å². The average molecular weight is 263 g/mol. The van der Waals surface area contributed by atoms with Crippen LogP contribution in [-0.4, -0.2) is 24.0 Å². The predicted molar refractivity (Wildman–Crippen MR) is 72.4 cm³/mol. The summed E-state index contributed by atoms with van der Waals surface area (Å²) >= 11 is 0. The van der Waals surface area contributed by atoms with Crippen molar-refractivity contribution < 1.29 is 14.6 Å². The highest BCUT2D eigenvalue weighted by atomic mass is 16.7. The summed E-state index contributed by atoms with van der Waals surface area (Å²) in [6.45, 7) is 3.07. The van der Waals surface area contributed by atoms with Crippen molar-refractivity contribution in [1.29, 1.82) is 0 Å². The third-order valence-corrected chi connectivity index (χ3v) is 4.17.